The summed E-state index contributed by atoms with van der Waals surface area (Å²) in [6, 6.07) is 14.4. The number of ether oxygens (including phenoxy) is 1. The fourth-order valence-corrected chi connectivity index (χ4v) is 2.36. The van der Waals surface area contributed by atoms with Gasteiger partial charge in [0.2, 0.25) is 0 Å². The molecule has 0 spiro atoms. The summed E-state index contributed by atoms with van der Waals surface area (Å²) in [5, 5.41) is 15.0. The van der Waals surface area contributed by atoms with Gasteiger partial charge in [0.25, 0.3) is 0 Å². The van der Waals surface area contributed by atoms with Gasteiger partial charge in [0.05, 0.1) is 19.8 Å². The number of hydrogen-bond donors (Lipinski definition) is 3. The molecule has 0 saturated heterocycles. The van der Waals surface area contributed by atoms with Crippen LogP contribution in [0.3, 0.4) is 0 Å². The average molecular weight is 314 g/mol. The second-order valence-electron chi connectivity index (χ2n) is 5.28. The topological polar surface area (TPSA) is 70.6 Å². The molecule has 0 heterocycles. The molecule has 2 rings (SSSR count). The van der Waals surface area contributed by atoms with E-state index in [-0.39, 0.29) is 12.6 Å². The Kier molecular flexibility index (Phi) is 6.00. The second kappa shape index (κ2) is 8.19. The molecule has 1 atom stereocenters. The number of methoxy groups -OCH3 is 1. The zero-order valence-corrected chi connectivity index (χ0v) is 13.4. The Labute approximate surface area is 136 Å². The van der Waals surface area contributed by atoms with Crippen molar-refractivity contribution < 1.29 is 14.6 Å². The van der Waals surface area contributed by atoms with Crippen LogP contribution in [0.25, 0.3) is 0 Å². The summed E-state index contributed by atoms with van der Waals surface area (Å²) >= 11 is 0. The van der Waals surface area contributed by atoms with E-state index in [9.17, 15) is 9.90 Å². The smallest absolute Gasteiger partial charge is 0.315 e. The van der Waals surface area contributed by atoms with E-state index >= 15 is 0 Å². The van der Waals surface area contributed by atoms with Gasteiger partial charge in [-0.15, -0.1) is 0 Å². The minimum absolute atomic E-state index is 0.154. The van der Waals surface area contributed by atoms with Crippen molar-refractivity contribution in [1.82, 2.24) is 10.6 Å². The molecule has 0 radical (unpaired) electrons. The monoisotopic (exact) mass is 314 g/mol. The van der Waals surface area contributed by atoms with Gasteiger partial charge in [0.1, 0.15) is 5.75 Å². The quantitative estimate of drug-likeness (QED) is 0.767. The molecule has 2 aromatic carbocycles. The molecule has 0 bridgehead atoms. The fourth-order valence-electron chi connectivity index (χ4n) is 2.36. The first kappa shape index (κ1) is 16.8. The van der Waals surface area contributed by atoms with Crippen LogP contribution >= 0.6 is 0 Å². The molecule has 0 aliphatic carbocycles. The Hall–Kier alpha value is -2.53. The first-order valence-electron chi connectivity index (χ1n) is 7.47. The molecule has 3 N–H and O–H groups in total. The van der Waals surface area contributed by atoms with Gasteiger partial charge in [-0.1, -0.05) is 42.5 Å². The van der Waals surface area contributed by atoms with Crippen molar-refractivity contribution in [3.63, 3.8) is 0 Å². The summed E-state index contributed by atoms with van der Waals surface area (Å²) in [4.78, 5) is 12.0. The number of rotatable bonds is 6. The van der Waals surface area contributed by atoms with Gasteiger partial charge in [-0.3, -0.25) is 0 Å². The normalized spacial score (nSPS) is 11.6. The number of aliphatic hydroxyl groups excluding tert-OH is 1. The SMILES string of the molecule is COc1ccc(CNC(=O)NC(CO)c2ccccc2)cc1C. The van der Waals surface area contributed by atoms with Gasteiger partial charge in [-0.2, -0.15) is 0 Å². The molecule has 1 unspecified atom stereocenters. The first-order valence-corrected chi connectivity index (χ1v) is 7.47. The van der Waals surface area contributed by atoms with Crippen molar-refractivity contribution in [1.29, 1.82) is 0 Å². The van der Waals surface area contributed by atoms with Crippen molar-refractivity contribution in [3.05, 3.63) is 65.2 Å². The number of nitrogens with one attached hydrogen (secondary N) is 2. The molecular weight excluding hydrogens is 292 g/mol. The molecule has 2 amide bonds. The molecule has 5 nitrogen and oxygen atoms in total. The van der Waals surface area contributed by atoms with Crippen LogP contribution in [-0.2, 0) is 6.54 Å². The first-order chi connectivity index (χ1) is 11.1. The van der Waals surface area contributed by atoms with Crippen molar-refractivity contribution in [3.8, 4) is 5.75 Å². The molecule has 122 valence electrons. The molecule has 0 fully saturated rings. The Morgan fingerprint density at radius 1 is 1.22 bits per heavy atom. The van der Waals surface area contributed by atoms with Crippen molar-refractivity contribution in [2.45, 2.75) is 19.5 Å². The van der Waals surface area contributed by atoms with Gasteiger partial charge >= 0.3 is 6.03 Å². The van der Waals surface area contributed by atoms with Gasteiger partial charge < -0.3 is 20.5 Å². The number of carbonyl (C=O) groups is 1. The highest BCUT2D eigenvalue weighted by atomic mass is 16.5. The average Bonchev–Trinajstić information content (AvgIpc) is 2.58. The lowest BCUT2D eigenvalue weighted by Crippen LogP contribution is -2.38. The minimum Gasteiger partial charge on any atom is -0.496 e. The molecule has 0 aromatic heterocycles. The number of aliphatic hydroxyl groups is 1. The van der Waals surface area contributed by atoms with Crippen molar-refractivity contribution in [2.24, 2.45) is 0 Å². The lowest BCUT2D eigenvalue weighted by atomic mass is 10.1. The Balaban J connectivity index is 1.90. The zero-order valence-electron chi connectivity index (χ0n) is 13.4. The molecule has 0 saturated carbocycles. The molecule has 0 aliphatic heterocycles. The maximum Gasteiger partial charge on any atom is 0.315 e. The van der Waals surface area contributed by atoms with Crippen LogP contribution in [0.15, 0.2) is 48.5 Å². The molecular formula is C18H22N2O3. The summed E-state index contributed by atoms with van der Waals surface area (Å²) in [7, 11) is 1.63. The fraction of sp³-hybridized carbons (Fsp3) is 0.278. The van der Waals surface area contributed by atoms with E-state index in [2.05, 4.69) is 10.6 Å². The molecule has 23 heavy (non-hydrogen) atoms. The lowest BCUT2D eigenvalue weighted by Gasteiger charge is -2.17. The van der Waals surface area contributed by atoms with Gasteiger partial charge in [-0.05, 0) is 29.7 Å². The molecule has 0 aliphatic rings. The van der Waals surface area contributed by atoms with Crippen LogP contribution in [0, 0.1) is 6.92 Å². The van der Waals surface area contributed by atoms with E-state index in [1.165, 1.54) is 0 Å². The second-order valence-corrected chi connectivity index (χ2v) is 5.28. The summed E-state index contributed by atoms with van der Waals surface area (Å²) < 4.78 is 5.21. The van der Waals surface area contributed by atoms with Crippen molar-refractivity contribution in [2.75, 3.05) is 13.7 Å². The van der Waals surface area contributed by atoms with E-state index in [4.69, 9.17) is 4.74 Å². The van der Waals surface area contributed by atoms with Gasteiger partial charge in [-0.25, -0.2) is 4.79 Å². The number of hydrogen-bond acceptors (Lipinski definition) is 3. The van der Waals surface area contributed by atoms with Crippen LogP contribution in [0.2, 0.25) is 0 Å². The third-order valence-corrected chi connectivity index (χ3v) is 3.60. The number of carbonyl (C=O) groups excluding carboxylic acids is 1. The summed E-state index contributed by atoms with van der Waals surface area (Å²) in [5.41, 5.74) is 2.87. The van der Waals surface area contributed by atoms with E-state index in [0.29, 0.717) is 6.54 Å². The Morgan fingerprint density at radius 2 is 1.96 bits per heavy atom. The van der Waals surface area contributed by atoms with E-state index in [1.807, 2.05) is 55.5 Å². The van der Waals surface area contributed by atoms with E-state index in [0.717, 1.165) is 22.4 Å². The third kappa shape index (κ3) is 4.72. The Bertz CT molecular complexity index is 644. The predicted octanol–water partition coefficient (Wildman–Crippen LogP) is 2.54. The maximum atomic E-state index is 12.0. The van der Waals surface area contributed by atoms with Crippen LogP contribution in [0.4, 0.5) is 4.79 Å². The highest BCUT2D eigenvalue weighted by molar-refractivity contribution is 5.74. The minimum atomic E-state index is -0.422. The number of amides is 2. The maximum absolute atomic E-state index is 12.0. The van der Waals surface area contributed by atoms with Gasteiger partial charge in [0.15, 0.2) is 0 Å². The van der Waals surface area contributed by atoms with Crippen LogP contribution in [-0.4, -0.2) is 24.9 Å². The standard InChI is InChI=1S/C18H22N2O3/c1-13-10-14(8-9-17(13)23-2)11-19-18(22)20-16(12-21)15-6-4-3-5-7-15/h3-10,16,21H,11-12H2,1-2H3,(H2,19,20,22). The van der Waals surface area contributed by atoms with Crippen LogP contribution < -0.4 is 15.4 Å². The largest absolute Gasteiger partial charge is 0.496 e. The van der Waals surface area contributed by atoms with E-state index in [1.54, 1.807) is 7.11 Å². The van der Waals surface area contributed by atoms with Crippen LogP contribution in [0.1, 0.15) is 22.7 Å². The Morgan fingerprint density at radius 3 is 2.57 bits per heavy atom. The lowest BCUT2D eigenvalue weighted by molar-refractivity contribution is 0.216. The molecule has 5 heteroatoms. The van der Waals surface area contributed by atoms with Gasteiger partial charge in [0, 0.05) is 6.54 Å². The van der Waals surface area contributed by atoms with E-state index < -0.39 is 6.04 Å². The summed E-state index contributed by atoms with van der Waals surface area (Å²) in [6.45, 7) is 2.21. The highest BCUT2D eigenvalue weighted by Crippen LogP contribution is 2.18. The highest BCUT2D eigenvalue weighted by Gasteiger charge is 2.13. The number of benzene rings is 2. The summed E-state index contributed by atoms with van der Waals surface area (Å²) in [6.07, 6.45) is 0. The number of aryl methyl sites for hydroxylation is 1. The summed E-state index contributed by atoms with van der Waals surface area (Å²) in [5.74, 6) is 0.822. The predicted molar refractivity (Wildman–Crippen MR) is 89.4 cm³/mol. The van der Waals surface area contributed by atoms with Crippen molar-refractivity contribution >= 4 is 6.03 Å². The zero-order chi connectivity index (χ0) is 16.7. The third-order valence-electron chi connectivity index (χ3n) is 3.60. The van der Waals surface area contributed by atoms with Crippen LogP contribution in [0.5, 0.6) is 5.75 Å². The number of urea groups is 1. The molecule has 2 aromatic rings.